The standard InChI is InChI=1S/C18H30FN/c1-5-8-15(4)11-16(13-20-14(2)3)12-17-9-6-7-10-18(17)19/h6-7,9-10,14-16,20H,5,8,11-13H2,1-4H3. The van der Waals surface area contributed by atoms with E-state index in [-0.39, 0.29) is 5.82 Å². The van der Waals surface area contributed by atoms with E-state index < -0.39 is 0 Å². The van der Waals surface area contributed by atoms with Crippen LogP contribution < -0.4 is 5.32 Å². The van der Waals surface area contributed by atoms with Crippen molar-refractivity contribution in [1.82, 2.24) is 5.32 Å². The molecule has 114 valence electrons. The predicted octanol–water partition coefficient (Wildman–Crippen LogP) is 4.81. The first kappa shape index (κ1) is 17.2. The minimum atomic E-state index is -0.0646. The van der Waals surface area contributed by atoms with E-state index in [4.69, 9.17) is 0 Å². The molecule has 0 radical (unpaired) electrons. The molecule has 1 aromatic carbocycles. The van der Waals surface area contributed by atoms with Crippen LogP contribution in [-0.4, -0.2) is 12.6 Å². The predicted molar refractivity (Wildman–Crippen MR) is 85.4 cm³/mol. The molecule has 0 aliphatic carbocycles. The van der Waals surface area contributed by atoms with Crippen LogP contribution in [-0.2, 0) is 6.42 Å². The van der Waals surface area contributed by atoms with Crippen molar-refractivity contribution in [1.29, 1.82) is 0 Å². The zero-order valence-corrected chi connectivity index (χ0v) is 13.5. The summed E-state index contributed by atoms with van der Waals surface area (Å²) in [7, 11) is 0. The lowest BCUT2D eigenvalue weighted by Gasteiger charge is -2.23. The molecule has 2 heteroatoms. The van der Waals surface area contributed by atoms with Gasteiger partial charge in [-0.1, -0.05) is 58.7 Å². The molecule has 0 spiro atoms. The van der Waals surface area contributed by atoms with Gasteiger partial charge in [0, 0.05) is 6.04 Å². The Morgan fingerprint density at radius 2 is 1.85 bits per heavy atom. The highest BCUT2D eigenvalue weighted by atomic mass is 19.1. The molecule has 0 aliphatic heterocycles. The van der Waals surface area contributed by atoms with Crippen LogP contribution in [0.25, 0.3) is 0 Å². The number of hydrogen-bond donors (Lipinski definition) is 1. The molecule has 1 nitrogen and oxygen atoms in total. The Morgan fingerprint density at radius 3 is 2.45 bits per heavy atom. The van der Waals surface area contributed by atoms with Crippen molar-refractivity contribution in [2.45, 2.75) is 59.4 Å². The Labute approximate surface area is 124 Å². The van der Waals surface area contributed by atoms with Crippen LogP contribution in [0.5, 0.6) is 0 Å². The van der Waals surface area contributed by atoms with Crippen molar-refractivity contribution in [3.63, 3.8) is 0 Å². The summed E-state index contributed by atoms with van der Waals surface area (Å²) in [5.74, 6) is 1.16. The van der Waals surface area contributed by atoms with Crippen LogP contribution in [0.2, 0.25) is 0 Å². The van der Waals surface area contributed by atoms with Crippen molar-refractivity contribution < 1.29 is 4.39 Å². The number of hydrogen-bond acceptors (Lipinski definition) is 1. The summed E-state index contributed by atoms with van der Waals surface area (Å²) < 4.78 is 13.8. The summed E-state index contributed by atoms with van der Waals surface area (Å²) in [4.78, 5) is 0. The summed E-state index contributed by atoms with van der Waals surface area (Å²) in [5.41, 5.74) is 0.853. The first-order valence-electron chi connectivity index (χ1n) is 7.99. The Bertz CT molecular complexity index is 375. The second kappa shape index (κ2) is 9.12. The molecule has 0 saturated heterocycles. The van der Waals surface area contributed by atoms with Gasteiger partial charge in [0.05, 0.1) is 0 Å². The maximum Gasteiger partial charge on any atom is 0.126 e. The van der Waals surface area contributed by atoms with Crippen LogP contribution in [0.1, 0.15) is 52.5 Å². The van der Waals surface area contributed by atoms with Gasteiger partial charge in [-0.15, -0.1) is 0 Å². The van der Waals surface area contributed by atoms with Crippen LogP contribution in [0.15, 0.2) is 24.3 Å². The zero-order chi connectivity index (χ0) is 15.0. The highest BCUT2D eigenvalue weighted by Gasteiger charge is 2.15. The van der Waals surface area contributed by atoms with Gasteiger partial charge in [0.1, 0.15) is 5.82 Å². The van der Waals surface area contributed by atoms with E-state index in [1.165, 1.54) is 19.3 Å². The van der Waals surface area contributed by atoms with Gasteiger partial charge in [0.15, 0.2) is 0 Å². The van der Waals surface area contributed by atoms with E-state index in [1.807, 2.05) is 12.1 Å². The third-order valence-electron chi connectivity index (χ3n) is 3.80. The van der Waals surface area contributed by atoms with Gasteiger partial charge in [0.2, 0.25) is 0 Å². The fourth-order valence-electron chi connectivity index (χ4n) is 2.80. The van der Waals surface area contributed by atoms with E-state index >= 15 is 0 Å². The third-order valence-corrected chi connectivity index (χ3v) is 3.80. The molecule has 2 atom stereocenters. The topological polar surface area (TPSA) is 12.0 Å². The second-order valence-electron chi connectivity index (χ2n) is 6.35. The molecule has 1 N–H and O–H groups in total. The zero-order valence-electron chi connectivity index (χ0n) is 13.5. The number of nitrogens with one attached hydrogen (secondary N) is 1. The fraction of sp³-hybridized carbons (Fsp3) is 0.667. The normalized spacial score (nSPS) is 14.5. The molecule has 0 aromatic heterocycles. The molecule has 1 aromatic rings. The van der Waals surface area contributed by atoms with Gasteiger partial charge >= 0.3 is 0 Å². The van der Waals surface area contributed by atoms with Gasteiger partial charge in [0.25, 0.3) is 0 Å². The van der Waals surface area contributed by atoms with Crippen LogP contribution >= 0.6 is 0 Å². The average molecular weight is 279 g/mol. The Kier molecular flexibility index (Phi) is 7.83. The first-order valence-corrected chi connectivity index (χ1v) is 7.99. The smallest absolute Gasteiger partial charge is 0.126 e. The summed E-state index contributed by atoms with van der Waals surface area (Å²) in [6, 6.07) is 7.67. The SMILES string of the molecule is CCCC(C)CC(CNC(C)C)Cc1ccccc1F. The molecular formula is C18H30FN. The molecule has 0 heterocycles. The van der Waals surface area contributed by atoms with Crippen molar-refractivity contribution in [2.24, 2.45) is 11.8 Å². The summed E-state index contributed by atoms with van der Waals surface area (Å²) in [6.45, 7) is 9.84. The lowest BCUT2D eigenvalue weighted by atomic mass is 9.88. The lowest BCUT2D eigenvalue weighted by Crippen LogP contribution is -2.31. The van der Waals surface area contributed by atoms with Crippen molar-refractivity contribution >= 4 is 0 Å². The monoisotopic (exact) mass is 279 g/mol. The molecule has 0 bridgehead atoms. The maximum absolute atomic E-state index is 13.8. The van der Waals surface area contributed by atoms with E-state index in [9.17, 15) is 4.39 Å². The highest BCUT2D eigenvalue weighted by molar-refractivity contribution is 5.17. The summed E-state index contributed by atoms with van der Waals surface area (Å²) in [6.07, 6.45) is 4.49. The van der Waals surface area contributed by atoms with Gasteiger partial charge in [-0.25, -0.2) is 4.39 Å². The van der Waals surface area contributed by atoms with Gasteiger partial charge in [-0.3, -0.25) is 0 Å². The minimum absolute atomic E-state index is 0.0646. The van der Waals surface area contributed by atoms with Gasteiger partial charge < -0.3 is 5.32 Å². The Hall–Kier alpha value is -0.890. The van der Waals surface area contributed by atoms with E-state index in [0.717, 1.165) is 18.5 Å². The summed E-state index contributed by atoms with van der Waals surface area (Å²) in [5, 5.41) is 3.51. The largest absolute Gasteiger partial charge is 0.314 e. The molecule has 0 saturated carbocycles. The minimum Gasteiger partial charge on any atom is -0.314 e. The molecule has 20 heavy (non-hydrogen) atoms. The Morgan fingerprint density at radius 1 is 1.15 bits per heavy atom. The second-order valence-corrected chi connectivity index (χ2v) is 6.35. The molecule has 0 fully saturated rings. The molecular weight excluding hydrogens is 249 g/mol. The molecule has 0 aliphatic rings. The van der Waals surface area contributed by atoms with Crippen LogP contribution in [0, 0.1) is 17.7 Å². The van der Waals surface area contributed by atoms with Crippen molar-refractivity contribution in [3.05, 3.63) is 35.6 Å². The highest BCUT2D eigenvalue weighted by Crippen LogP contribution is 2.21. The fourth-order valence-corrected chi connectivity index (χ4v) is 2.80. The van der Waals surface area contributed by atoms with Crippen LogP contribution in [0.3, 0.4) is 0 Å². The molecule has 0 amide bonds. The number of rotatable bonds is 9. The third kappa shape index (κ3) is 6.51. The Balaban J connectivity index is 2.64. The van der Waals surface area contributed by atoms with Crippen molar-refractivity contribution in [3.8, 4) is 0 Å². The number of halogens is 1. The van der Waals surface area contributed by atoms with E-state index in [1.54, 1.807) is 12.1 Å². The van der Waals surface area contributed by atoms with Crippen molar-refractivity contribution in [2.75, 3.05) is 6.54 Å². The quantitative estimate of drug-likeness (QED) is 0.684. The molecule has 1 rings (SSSR count). The molecule has 2 unspecified atom stereocenters. The number of benzene rings is 1. The van der Waals surface area contributed by atoms with Gasteiger partial charge in [-0.2, -0.15) is 0 Å². The lowest BCUT2D eigenvalue weighted by molar-refractivity contribution is 0.343. The summed E-state index contributed by atoms with van der Waals surface area (Å²) >= 11 is 0. The van der Waals surface area contributed by atoms with Gasteiger partial charge in [-0.05, 0) is 42.9 Å². The average Bonchev–Trinajstić information content (AvgIpc) is 2.38. The van der Waals surface area contributed by atoms with E-state index in [2.05, 4.69) is 33.0 Å². The van der Waals surface area contributed by atoms with Crippen LogP contribution in [0.4, 0.5) is 4.39 Å². The first-order chi connectivity index (χ1) is 9.52. The van der Waals surface area contributed by atoms with E-state index in [0.29, 0.717) is 17.9 Å². The maximum atomic E-state index is 13.8.